The molecule has 0 fully saturated rings. The number of fused-ring (bicyclic) bond motifs is 3. The van der Waals surface area contributed by atoms with Crippen molar-refractivity contribution in [3.8, 4) is 11.5 Å². The van der Waals surface area contributed by atoms with Gasteiger partial charge in [-0.25, -0.2) is 9.59 Å². The van der Waals surface area contributed by atoms with Crippen molar-refractivity contribution < 1.29 is 28.2 Å². The first-order valence-electron chi connectivity index (χ1n) is 11.3. The molecule has 0 saturated heterocycles. The van der Waals surface area contributed by atoms with Crippen molar-refractivity contribution >= 4 is 23.1 Å². The highest BCUT2D eigenvalue weighted by molar-refractivity contribution is 6.21. The van der Waals surface area contributed by atoms with Crippen molar-refractivity contribution in [2.45, 2.75) is 45.6 Å². The molecule has 182 valence electrons. The third kappa shape index (κ3) is 2.78. The zero-order valence-corrected chi connectivity index (χ0v) is 20.4. The normalized spacial score (nSPS) is 21.4. The van der Waals surface area contributed by atoms with E-state index in [1.165, 1.54) is 13.2 Å². The van der Waals surface area contributed by atoms with Crippen molar-refractivity contribution in [3.63, 3.8) is 0 Å². The molecule has 4 heterocycles. The summed E-state index contributed by atoms with van der Waals surface area (Å²) >= 11 is 0. The number of allylic oxidation sites excluding steroid dienone is 1. The van der Waals surface area contributed by atoms with E-state index < -0.39 is 28.5 Å². The van der Waals surface area contributed by atoms with Gasteiger partial charge in [-0.3, -0.25) is 4.79 Å². The average Bonchev–Trinajstić information content (AvgIpc) is 3.01. The number of carbonyl (C=O) groups is 2. The highest BCUT2D eigenvalue weighted by Gasteiger charge is 2.65. The first-order chi connectivity index (χ1) is 16.5. The summed E-state index contributed by atoms with van der Waals surface area (Å²) in [4.78, 5) is 43.1. The molecule has 2 aromatic rings. The van der Waals surface area contributed by atoms with Crippen LogP contribution >= 0.6 is 0 Å². The zero-order chi connectivity index (χ0) is 25.4. The maximum Gasteiger partial charge on any atom is 0.344 e. The lowest BCUT2D eigenvalue weighted by Gasteiger charge is -2.40. The Morgan fingerprint density at radius 1 is 1.17 bits per heavy atom. The monoisotopic (exact) mass is 478 g/mol. The quantitative estimate of drug-likeness (QED) is 0.669. The van der Waals surface area contributed by atoms with Crippen molar-refractivity contribution in [1.82, 2.24) is 0 Å². The van der Waals surface area contributed by atoms with Gasteiger partial charge in [0.1, 0.15) is 33.8 Å². The standard InChI is InChI=1S/C26H26N2O7/c1-7-33-22(29)19-21(27)35-17-8-13(3)34-23(30)18(17)26(19)16-10-14(32-6)9-15-12(2)11-25(4,5)28(20(15)16)24(26)31/h8-11H,7,27H2,1-6H3/t26-/m1/s1. The first kappa shape index (κ1) is 22.8. The van der Waals surface area contributed by atoms with Crippen molar-refractivity contribution in [1.29, 1.82) is 0 Å². The summed E-state index contributed by atoms with van der Waals surface area (Å²) in [5.74, 6) is -0.922. The van der Waals surface area contributed by atoms with E-state index in [1.54, 1.807) is 24.8 Å². The molecule has 0 unspecified atom stereocenters. The lowest BCUT2D eigenvalue weighted by Crippen LogP contribution is -2.55. The highest BCUT2D eigenvalue weighted by atomic mass is 16.5. The van der Waals surface area contributed by atoms with Crippen molar-refractivity contribution in [3.05, 3.63) is 68.6 Å². The molecule has 2 N–H and O–H groups in total. The van der Waals surface area contributed by atoms with Crippen LogP contribution in [0.4, 0.5) is 5.69 Å². The molecule has 9 nitrogen and oxygen atoms in total. The van der Waals surface area contributed by atoms with Crippen LogP contribution in [0.15, 0.2) is 44.9 Å². The second-order valence-electron chi connectivity index (χ2n) is 9.39. The molecule has 0 bridgehead atoms. The molecule has 0 saturated carbocycles. The Bertz CT molecular complexity index is 1450. The molecule has 9 heteroatoms. The number of anilines is 1. The molecule has 1 spiro atoms. The molecule has 1 atom stereocenters. The Hall–Kier alpha value is -4.01. The van der Waals surface area contributed by atoms with Gasteiger partial charge in [0.2, 0.25) is 11.8 Å². The smallest absolute Gasteiger partial charge is 0.344 e. The van der Waals surface area contributed by atoms with E-state index in [9.17, 15) is 14.4 Å². The summed E-state index contributed by atoms with van der Waals surface area (Å²) < 4.78 is 22.1. The average molecular weight is 479 g/mol. The summed E-state index contributed by atoms with van der Waals surface area (Å²) in [6.45, 7) is 8.97. The lowest BCUT2D eigenvalue weighted by atomic mass is 9.68. The number of nitrogens with two attached hydrogens (primary N) is 1. The van der Waals surface area contributed by atoms with Crippen LogP contribution in [-0.2, 0) is 19.7 Å². The molecule has 0 aliphatic carbocycles. The largest absolute Gasteiger partial charge is 0.497 e. The van der Waals surface area contributed by atoms with E-state index >= 15 is 0 Å². The second-order valence-corrected chi connectivity index (χ2v) is 9.39. The number of ether oxygens (including phenoxy) is 3. The molecular weight excluding hydrogens is 452 g/mol. The Kier molecular flexibility index (Phi) is 4.71. The maximum atomic E-state index is 14.7. The Morgan fingerprint density at radius 3 is 2.54 bits per heavy atom. The second kappa shape index (κ2) is 7.24. The minimum absolute atomic E-state index is 0.0291. The highest BCUT2D eigenvalue weighted by Crippen LogP contribution is 2.60. The summed E-state index contributed by atoms with van der Waals surface area (Å²) in [6.07, 6.45) is 1.96. The van der Waals surface area contributed by atoms with Crippen LogP contribution in [0.5, 0.6) is 11.5 Å². The van der Waals surface area contributed by atoms with Gasteiger partial charge in [-0.1, -0.05) is 6.08 Å². The molecule has 1 aromatic heterocycles. The van der Waals surface area contributed by atoms with Crippen LogP contribution in [0.3, 0.4) is 0 Å². The van der Waals surface area contributed by atoms with E-state index in [4.69, 9.17) is 24.4 Å². The van der Waals surface area contributed by atoms with Crippen LogP contribution in [0.1, 0.15) is 50.1 Å². The summed E-state index contributed by atoms with van der Waals surface area (Å²) in [7, 11) is 1.51. The van der Waals surface area contributed by atoms with Crippen LogP contribution in [-0.4, -0.2) is 31.1 Å². The number of carbonyl (C=O) groups excluding carboxylic acids is 2. The van der Waals surface area contributed by atoms with Gasteiger partial charge in [-0.2, -0.15) is 0 Å². The fourth-order valence-electron chi connectivity index (χ4n) is 5.58. The van der Waals surface area contributed by atoms with Crippen LogP contribution in [0, 0.1) is 6.92 Å². The number of hydrogen-bond acceptors (Lipinski definition) is 8. The first-order valence-corrected chi connectivity index (χ1v) is 11.3. The van der Waals surface area contributed by atoms with Crippen molar-refractivity contribution in [2.24, 2.45) is 5.73 Å². The Labute approximate surface area is 201 Å². The van der Waals surface area contributed by atoms with Crippen LogP contribution < -0.4 is 25.7 Å². The number of nitrogens with zero attached hydrogens (tertiary/aromatic N) is 1. The minimum Gasteiger partial charge on any atom is -0.497 e. The van der Waals surface area contributed by atoms with Gasteiger partial charge in [0.05, 0.1) is 24.9 Å². The molecule has 3 aliphatic rings. The van der Waals surface area contributed by atoms with Gasteiger partial charge in [0, 0.05) is 17.2 Å². The van der Waals surface area contributed by atoms with E-state index in [0.29, 0.717) is 17.0 Å². The summed E-state index contributed by atoms with van der Waals surface area (Å²) in [5.41, 5.74) is 5.02. The van der Waals surface area contributed by atoms with Crippen molar-refractivity contribution in [2.75, 3.05) is 18.6 Å². The van der Waals surface area contributed by atoms with Gasteiger partial charge in [0.25, 0.3) is 0 Å². The molecule has 5 rings (SSSR count). The SMILES string of the molecule is CCOC(=O)C1=C(N)Oc2cc(C)oc(=O)c2[C@@]12C(=O)N1c3c(cc(OC)cc32)C(C)=CC1(C)C. The van der Waals surface area contributed by atoms with E-state index in [1.807, 2.05) is 32.9 Å². The number of benzene rings is 1. The minimum atomic E-state index is -1.95. The molecule has 0 radical (unpaired) electrons. The number of methoxy groups -OCH3 is 1. The fourth-order valence-corrected chi connectivity index (χ4v) is 5.58. The van der Waals surface area contributed by atoms with Crippen LogP contribution in [0.2, 0.25) is 0 Å². The molecule has 1 aromatic carbocycles. The van der Waals surface area contributed by atoms with E-state index in [2.05, 4.69) is 0 Å². The molecule has 35 heavy (non-hydrogen) atoms. The number of hydrogen-bond donors (Lipinski definition) is 1. The molecule has 1 amide bonds. The predicted octanol–water partition coefficient (Wildman–Crippen LogP) is 2.91. The van der Waals surface area contributed by atoms with E-state index in [-0.39, 0.29) is 35.1 Å². The van der Waals surface area contributed by atoms with E-state index in [0.717, 1.165) is 11.1 Å². The number of aryl methyl sites for hydroxylation is 1. The third-order valence-corrected chi connectivity index (χ3v) is 6.78. The lowest BCUT2D eigenvalue weighted by molar-refractivity contribution is -0.141. The predicted molar refractivity (Wildman–Crippen MR) is 127 cm³/mol. The van der Waals surface area contributed by atoms with Gasteiger partial charge < -0.3 is 29.3 Å². The Balaban J connectivity index is 2.01. The molecular formula is C26H26N2O7. The maximum absolute atomic E-state index is 14.7. The summed E-state index contributed by atoms with van der Waals surface area (Å²) in [6, 6.07) is 4.97. The van der Waals surface area contributed by atoms with Gasteiger partial charge in [0.15, 0.2) is 0 Å². The van der Waals surface area contributed by atoms with Gasteiger partial charge in [-0.15, -0.1) is 0 Å². The summed E-state index contributed by atoms with van der Waals surface area (Å²) in [5, 5.41) is 0. The Morgan fingerprint density at radius 2 is 1.89 bits per heavy atom. The third-order valence-electron chi connectivity index (χ3n) is 6.78. The number of rotatable bonds is 3. The fraction of sp³-hybridized carbons (Fsp3) is 0.346. The van der Waals surface area contributed by atoms with Gasteiger partial charge >= 0.3 is 11.6 Å². The molecule has 3 aliphatic heterocycles. The van der Waals surface area contributed by atoms with Gasteiger partial charge in [-0.05, 0) is 52.3 Å². The topological polar surface area (TPSA) is 121 Å². The zero-order valence-electron chi connectivity index (χ0n) is 20.4. The number of amides is 1. The van der Waals surface area contributed by atoms with Crippen LogP contribution in [0.25, 0.3) is 5.57 Å². The number of esters is 1.